The molecule has 2 aromatic rings. The normalized spacial score (nSPS) is 9.71. The molecule has 0 bridgehead atoms. The molecular formula is C12H10N6O3. The summed E-state index contributed by atoms with van der Waals surface area (Å²) in [7, 11) is 1.42. The molecule has 106 valence electrons. The first-order valence-electron chi connectivity index (χ1n) is 5.68. The summed E-state index contributed by atoms with van der Waals surface area (Å²) >= 11 is 0. The van der Waals surface area contributed by atoms with Crippen molar-refractivity contribution >= 4 is 23.1 Å². The van der Waals surface area contributed by atoms with E-state index >= 15 is 0 Å². The van der Waals surface area contributed by atoms with Crippen molar-refractivity contribution in [2.75, 3.05) is 18.2 Å². The molecule has 0 amide bonds. The number of hydrogen-bond acceptors (Lipinski definition) is 8. The molecule has 0 spiro atoms. The Hall–Kier alpha value is -3.41. The van der Waals surface area contributed by atoms with Crippen LogP contribution >= 0.6 is 0 Å². The molecule has 0 fully saturated rings. The number of ether oxygens (including phenoxy) is 1. The van der Waals surface area contributed by atoms with Gasteiger partial charge in [-0.05, 0) is 12.1 Å². The number of nitrogens with zero attached hydrogens (tertiary/aromatic N) is 4. The van der Waals surface area contributed by atoms with Crippen molar-refractivity contribution in [2.45, 2.75) is 0 Å². The van der Waals surface area contributed by atoms with Gasteiger partial charge >= 0.3 is 5.69 Å². The van der Waals surface area contributed by atoms with Crippen LogP contribution < -0.4 is 15.8 Å². The summed E-state index contributed by atoms with van der Waals surface area (Å²) in [6.45, 7) is 0. The minimum absolute atomic E-state index is 0.117. The number of hydrogen-bond donors (Lipinski definition) is 2. The number of methoxy groups -OCH3 is 1. The predicted octanol–water partition coefficient (Wildman–Crippen LogP) is 1.59. The Morgan fingerprint density at radius 2 is 2.29 bits per heavy atom. The maximum atomic E-state index is 11.0. The van der Waals surface area contributed by atoms with E-state index in [-0.39, 0.29) is 28.7 Å². The molecule has 0 aliphatic rings. The number of nitrogen functional groups attached to an aromatic ring is 1. The second-order valence-electron chi connectivity index (χ2n) is 3.84. The summed E-state index contributed by atoms with van der Waals surface area (Å²) in [6.07, 6.45) is 0.992. The van der Waals surface area contributed by atoms with Gasteiger partial charge in [0.1, 0.15) is 23.7 Å². The summed E-state index contributed by atoms with van der Waals surface area (Å²) in [6, 6.07) is 6.75. The van der Waals surface area contributed by atoms with Gasteiger partial charge in [-0.1, -0.05) is 6.07 Å². The van der Waals surface area contributed by atoms with Crippen molar-refractivity contribution in [1.29, 1.82) is 5.26 Å². The lowest BCUT2D eigenvalue weighted by Crippen LogP contribution is -2.05. The van der Waals surface area contributed by atoms with Gasteiger partial charge in [0.2, 0.25) is 11.8 Å². The highest BCUT2D eigenvalue weighted by molar-refractivity contribution is 5.75. The molecule has 2 rings (SSSR count). The zero-order valence-corrected chi connectivity index (χ0v) is 10.9. The SMILES string of the molecule is COc1cccc(C#N)c1Nc1nc(N)ncc1[N+](=O)[O-]. The van der Waals surface area contributed by atoms with Crippen molar-refractivity contribution in [3.8, 4) is 11.8 Å². The van der Waals surface area contributed by atoms with Gasteiger partial charge in [0.05, 0.1) is 17.6 Å². The van der Waals surface area contributed by atoms with Crippen molar-refractivity contribution in [3.63, 3.8) is 0 Å². The summed E-state index contributed by atoms with van der Waals surface area (Å²) in [5.74, 6) is 0.102. The number of nitrogens with one attached hydrogen (secondary N) is 1. The molecule has 0 atom stereocenters. The van der Waals surface area contributed by atoms with Gasteiger partial charge in [-0.3, -0.25) is 10.1 Å². The Balaban J connectivity index is 2.55. The number of nitro groups is 1. The molecule has 9 nitrogen and oxygen atoms in total. The van der Waals surface area contributed by atoms with Gasteiger partial charge in [-0.25, -0.2) is 4.98 Å². The van der Waals surface area contributed by atoms with E-state index in [9.17, 15) is 10.1 Å². The molecule has 21 heavy (non-hydrogen) atoms. The molecule has 0 saturated heterocycles. The minimum Gasteiger partial charge on any atom is -0.495 e. The molecule has 3 N–H and O–H groups in total. The average molecular weight is 286 g/mol. The van der Waals surface area contributed by atoms with Crippen LogP contribution in [0, 0.1) is 21.4 Å². The van der Waals surface area contributed by atoms with Gasteiger partial charge < -0.3 is 15.8 Å². The Kier molecular flexibility index (Phi) is 3.80. The zero-order valence-electron chi connectivity index (χ0n) is 10.9. The second kappa shape index (κ2) is 5.70. The Morgan fingerprint density at radius 3 is 2.90 bits per heavy atom. The standard InChI is InChI=1S/C12H10N6O3/c1-21-9-4-2-3-7(5-13)10(9)16-11-8(18(19)20)6-15-12(14)17-11/h2-4,6H,1H3,(H3,14,15,16,17). The molecule has 1 heterocycles. The summed E-state index contributed by atoms with van der Waals surface area (Å²) in [4.78, 5) is 17.7. The van der Waals surface area contributed by atoms with Crippen LogP contribution in [0.5, 0.6) is 5.75 Å². The molecule has 0 aliphatic heterocycles. The number of nitrogens with two attached hydrogens (primary N) is 1. The maximum Gasteiger partial charge on any atom is 0.329 e. The highest BCUT2D eigenvalue weighted by atomic mass is 16.6. The third-order valence-electron chi connectivity index (χ3n) is 2.59. The highest BCUT2D eigenvalue weighted by Gasteiger charge is 2.19. The number of para-hydroxylation sites is 1. The summed E-state index contributed by atoms with van der Waals surface area (Å²) in [5, 5.41) is 22.8. The number of rotatable bonds is 4. The van der Waals surface area contributed by atoms with Crippen LogP contribution in [-0.4, -0.2) is 22.0 Å². The fourth-order valence-electron chi connectivity index (χ4n) is 1.66. The van der Waals surface area contributed by atoms with Crippen LogP contribution in [0.25, 0.3) is 0 Å². The molecule has 1 aromatic heterocycles. The van der Waals surface area contributed by atoms with Gasteiger partial charge in [0, 0.05) is 0 Å². The minimum atomic E-state index is -0.650. The first kappa shape index (κ1) is 14.0. The van der Waals surface area contributed by atoms with Crippen LogP contribution in [-0.2, 0) is 0 Å². The van der Waals surface area contributed by atoms with Crippen LogP contribution in [0.4, 0.5) is 23.1 Å². The lowest BCUT2D eigenvalue weighted by atomic mass is 10.1. The third-order valence-corrected chi connectivity index (χ3v) is 2.59. The van der Waals surface area contributed by atoms with E-state index in [0.29, 0.717) is 5.75 Å². The quantitative estimate of drug-likeness (QED) is 0.637. The Labute approximate surface area is 119 Å². The molecule has 9 heteroatoms. The first-order chi connectivity index (χ1) is 10.1. The second-order valence-corrected chi connectivity index (χ2v) is 3.84. The topological polar surface area (TPSA) is 140 Å². The number of anilines is 3. The Bertz CT molecular complexity index is 740. The zero-order chi connectivity index (χ0) is 15.4. The average Bonchev–Trinajstić information content (AvgIpc) is 2.47. The Morgan fingerprint density at radius 1 is 1.52 bits per heavy atom. The van der Waals surface area contributed by atoms with Gasteiger partial charge in [0.15, 0.2) is 0 Å². The van der Waals surface area contributed by atoms with E-state index in [1.807, 2.05) is 6.07 Å². The van der Waals surface area contributed by atoms with E-state index in [2.05, 4.69) is 15.3 Å². The van der Waals surface area contributed by atoms with E-state index in [1.54, 1.807) is 18.2 Å². The van der Waals surface area contributed by atoms with Crippen molar-refractivity contribution in [3.05, 3.63) is 40.1 Å². The fraction of sp³-hybridized carbons (Fsp3) is 0.0833. The molecule has 0 aliphatic carbocycles. The van der Waals surface area contributed by atoms with Crippen molar-refractivity contribution in [2.24, 2.45) is 0 Å². The monoisotopic (exact) mass is 286 g/mol. The maximum absolute atomic E-state index is 11.0. The van der Waals surface area contributed by atoms with Crippen LogP contribution in [0.15, 0.2) is 24.4 Å². The molecule has 1 aromatic carbocycles. The largest absolute Gasteiger partial charge is 0.495 e. The third kappa shape index (κ3) is 2.79. The van der Waals surface area contributed by atoms with Gasteiger partial charge in [-0.2, -0.15) is 10.2 Å². The van der Waals surface area contributed by atoms with E-state index in [4.69, 9.17) is 15.7 Å². The van der Waals surface area contributed by atoms with Crippen LogP contribution in [0.1, 0.15) is 5.56 Å². The summed E-state index contributed by atoms with van der Waals surface area (Å²) in [5.41, 5.74) is 5.60. The number of nitriles is 1. The fourth-order valence-corrected chi connectivity index (χ4v) is 1.66. The van der Waals surface area contributed by atoms with Crippen molar-refractivity contribution in [1.82, 2.24) is 9.97 Å². The summed E-state index contributed by atoms with van der Waals surface area (Å²) < 4.78 is 5.13. The highest BCUT2D eigenvalue weighted by Crippen LogP contribution is 2.33. The molecule has 0 radical (unpaired) electrons. The van der Waals surface area contributed by atoms with Gasteiger partial charge in [0.25, 0.3) is 0 Å². The number of aromatic nitrogens is 2. The first-order valence-corrected chi connectivity index (χ1v) is 5.68. The predicted molar refractivity (Wildman–Crippen MR) is 74.1 cm³/mol. The van der Waals surface area contributed by atoms with Crippen LogP contribution in [0.2, 0.25) is 0 Å². The molecule has 0 unspecified atom stereocenters. The molecule has 0 saturated carbocycles. The number of benzene rings is 1. The van der Waals surface area contributed by atoms with Crippen LogP contribution in [0.3, 0.4) is 0 Å². The smallest absolute Gasteiger partial charge is 0.329 e. The lowest BCUT2D eigenvalue weighted by Gasteiger charge is -2.12. The lowest BCUT2D eigenvalue weighted by molar-refractivity contribution is -0.384. The molecular weight excluding hydrogens is 276 g/mol. The van der Waals surface area contributed by atoms with Crippen molar-refractivity contribution < 1.29 is 9.66 Å². The van der Waals surface area contributed by atoms with E-state index in [0.717, 1.165) is 6.20 Å². The van der Waals surface area contributed by atoms with E-state index < -0.39 is 4.92 Å². The van der Waals surface area contributed by atoms with E-state index in [1.165, 1.54) is 7.11 Å². The van der Waals surface area contributed by atoms with Gasteiger partial charge in [-0.15, -0.1) is 0 Å².